The number of nitrogens with one attached hydrogen (secondary N) is 2. The number of carbonyl (C=O) groups is 1. The van der Waals surface area contributed by atoms with Gasteiger partial charge in [0.05, 0.1) is 0 Å². The maximum atomic E-state index is 11.7. The van der Waals surface area contributed by atoms with Crippen molar-refractivity contribution in [3.63, 3.8) is 0 Å². The van der Waals surface area contributed by atoms with Crippen LogP contribution in [0.25, 0.3) is 0 Å². The SMILES string of the molecule is CCN1C(=O)NC(=N)C12CCCSC2C. The largest absolute Gasteiger partial charge is 0.323 e. The summed E-state index contributed by atoms with van der Waals surface area (Å²) in [6.07, 6.45) is 2.01. The van der Waals surface area contributed by atoms with Crippen LogP contribution in [0.4, 0.5) is 4.79 Å². The van der Waals surface area contributed by atoms with Gasteiger partial charge in [0.25, 0.3) is 0 Å². The third-order valence-corrected chi connectivity index (χ3v) is 4.86. The lowest BCUT2D eigenvalue weighted by Crippen LogP contribution is -2.57. The van der Waals surface area contributed by atoms with Gasteiger partial charge in [-0.1, -0.05) is 6.92 Å². The Balaban J connectivity index is 2.37. The van der Waals surface area contributed by atoms with Gasteiger partial charge in [0, 0.05) is 11.8 Å². The van der Waals surface area contributed by atoms with Crippen LogP contribution in [-0.4, -0.2) is 39.9 Å². The molecule has 84 valence electrons. The highest BCUT2D eigenvalue weighted by Crippen LogP contribution is 2.41. The smallest absolute Gasteiger partial charge is 0.311 e. The molecule has 2 rings (SSSR count). The van der Waals surface area contributed by atoms with Crippen LogP contribution in [0.5, 0.6) is 0 Å². The summed E-state index contributed by atoms with van der Waals surface area (Å²) in [7, 11) is 0. The minimum atomic E-state index is -0.352. The van der Waals surface area contributed by atoms with Gasteiger partial charge >= 0.3 is 6.03 Å². The fraction of sp³-hybridized carbons (Fsp3) is 0.800. The van der Waals surface area contributed by atoms with E-state index in [2.05, 4.69) is 12.2 Å². The van der Waals surface area contributed by atoms with Crippen molar-refractivity contribution in [2.24, 2.45) is 0 Å². The zero-order chi connectivity index (χ0) is 11.1. The van der Waals surface area contributed by atoms with E-state index in [-0.39, 0.29) is 11.6 Å². The average molecular weight is 227 g/mol. The molecule has 0 saturated carbocycles. The van der Waals surface area contributed by atoms with E-state index in [1.54, 1.807) is 0 Å². The van der Waals surface area contributed by atoms with Gasteiger partial charge < -0.3 is 4.90 Å². The van der Waals surface area contributed by atoms with E-state index in [0.29, 0.717) is 17.6 Å². The Morgan fingerprint density at radius 1 is 1.73 bits per heavy atom. The minimum absolute atomic E-state index is 0.100. The van der Waals surface area contributed by atoms with E-state index < -0.39 is 0 Å². The normalized spacial score (nSPS) is 36.1. The highest BCUT2D eigenvalue weighted by molar-refractivity contribution is 8.00. The van der Waals surface area contributed by atoms with Gasteiger partial charge in [0.1, 0.15) is 11.4 Å². The molecule has 0 aromatic carbocycles. The van der Waals surface area contributed by atoms with Crippen molar-refractivity contribution in [3.8, 4) is 0 Å². The average Bonchev–Trinajstić information content (AvgIpc) is 2.44. The highest BCUT2D eigenvalue weighted by Gasteiger charge is 2.53. The topological polar surface area (TPSA) is 56.2 Å². The van der Waals surface area contributed by atoms with Crippen LogP contribution in [0.3, 0.4) is 0 Å². The molecule has 2 atom stereocenters. The molecule has 2 heterocycles. The first-order chi connectivity index (χ1) is 7.13. The highest BCUT2D eigenvalue weighted by atomic mass is 32.2. The number of urea groups is 1. The Labute approximate surface area is 94.3 Å². The quantitative estimate of drug-likeness (QED) is 0.716. The summed E-state index contributed by atoms with van der Waals surface area (Å²) in [5.41, 5.74) is -0.352. The van der Waals surface area contributed by atoms with Crippen LogP contribution in [0.15, 0.2) is 0 Å². The van der Waals surface area contributed by atoms with Gasteiger partial charge in [-0.25, -0.2) is 4.79 Å². The Morgan fingerprint density at radius 3 is 3.07 bits per heavy atom. The van der Waals surface area contributed by atoms with Gasteiger partial charge in [-0.2, -0.15) is 11.8 Å². The molecule has 2 unspecified atom stereocenters. The zero-order valence-electron chi connectivity index (χ0n) is 9.17. The van der Waals surface area contributed by atoms with Crippen molar-refractivity contribution in [1.82, 2.24) is 10.2 Å². The van der Waals surface area contributed by atoms with Crippen LogP contribution in [0.1, 0.15) is 26.7 Å². The van der Waals surface area contributed by atoms with Gasteiger partial charge in [-0.3, -0.25) is 10.7 Å². The molecule has 2 N–H and O–H groups in total. The molecule has 4 nitrogen and oxygen atoms in total. The van der Waals surface area contributed by atoms with E-state index in [1.165, 1.54) is 0 Å². The van der Waals surface area contributed by atoms with Crippen LogP contribution >= 0.6 is 11.8 Å². The third-order valence-electron chi connectivity index (χ3n) is 3.45. The Hall–Kier alpha value is -0.710. The fourth-order valence-electron chi connectivity index (χ4n) is 2.65. The summed E-state index contributed by atoms with van der Waals surface area (Å²) in [6.45, 7) is 4.78. The number of carbonyl (C=O) groups excluding carboxylic acids is 1. The van der Waals surface area contributed by atoms with Crippen LogP contribution < -0.4 is 5.32 Å². The summed E-state index contributed by atoms with van der Waals surface area (Å²) >= 11 is 1.86. The molecule has 2 amide bonds. The number of nitrogens with zero attached hydrogens (tertiary/aromatic N) is 1. The first-order valence-corrected chi connectivity index (χ1v) is 6.47. The molecule has 0 aliphatic carbocycles. The van der Waals surface area contributed by atoms with Crippen LogP contribution in [0, 0.1) is 5.41 Å². The lowest BCUT2D eigenvalue weighted by molar-refractivity contribution is 0.169. The molecule has 2 aliphatic heterocycles. The van der Waals surface area contributed by atoms with E-state index in [9.17, 15) is 4.79 Å². The molecule has 0 aromatic heterocycles. The van der Waals surface area contributed by atoms with Crippen LogP contribution in [0.2, 0.25) is 0 Å². The Morgan fingerprint density at radius 2 is 2.47 bits per heavy atom. The van der Waals surface area contributed by atoms with E-state index >= 15 is 0 Å². The third kappa shape index (κ3) is 1.36. The second kappa shape index (κ2) is 3.70. The molecule has 0 bridgehead atoms. The van der Waals surface area contributed by atoms with Crippen molar-refractivity contribution in [2.75, 3.05) is 12.3 Å². The standard InChI is InChI=1S/C10H17N3OS/c1-3-13-9(14)12-8(11)10(13)5-4-6-15-7(10)2/h7H,3-6H2,1-2H3,(H2,11,12,14). The lowest BCUT2D eigenvalue weighted by Gasteiger charge is -2.43. The number of hydrogen-bond donors (Lipinski definition) is 2. The second-order valence-corrected chi connectivity index (χ2v) is 5.54. The van der Waals surface area contributed by atoms with Crippen molar-refractivity contribution in [2.45, 2.75) is 37.5 Å². The lowest BCUT2D eigenvalue weighted by atomic mass is 9.87. The fourth-order valence-corrected chi connectivity index (χ4v) is 3.95. The van der Waals surface area contributed by atoms with E-state index in [0.717, 1.165) is 18.6 Å². The van der Waals surface area contributed by atoms with Crippen LogP contribution in [-0.2, 0) is 0 Å². The summed E-state index contributed by atoms with van der Waals surface area (Å²) in [5.74, 6) is 1.54. The number of rotatable bonds is 1. The zero-order valence-corrected chi connectivity index (χ0v) is 9.99. The van der Waals surface area contributed by atoms with Gasteiger partial charge in [0.2, 0.25) is 0 Å². The molecule has 2 aliphatic rings. The minimum Gasteiger partial charge on any atom is -0.311 e. The summed E-state index contributed by atoms with van der Waals surface area (Å²) in [5, 5.41) is 11.0. The monoisotopic (exact) mass is 227 g/mol. The first-order valence-electron chi connectivity index (χ1n) is 5.42. The number of likely N-dealkylation sites (N-methyl/N-ethyl adjacent to an activating group) is 1. The predicted octanol–water partition coefficient (Wildman–Crippen LogP) is 1.66. The number of thioether (sulfide) groups is 1. The summed E-state index contributed by atoms with van der Waals surface area (Å²) < 4.78 is 0. The molecule has 1 spiro atoms. The summed E-state index contributed by atoms with van der Waals surface area (Å²) in [4.78, 5) is 13.5. The van der Waals surface area contributed by atoms with Crippen molar-refractivity contribution >= 4 is 23.6 Å². The summed E-state index contributed by atoms with van der Waals surface area (Å²) in [6, 6.07) is -0.100. The predicted molar refractivity (Wildman–Crippen MR) is 62.5 cm³/mol. The molecular weight excluding hydrogens is 210 g/mol. The molecular formula is C10H17N3OS. The van der Waals surface area contributed by atoms with E-state index in [4.69, 9.17) is 5.41 Å². The molecule has 5 heteroatoms. The number of amidine groups is 1. The number of hydrogen-bond acceptors (Lipinski definition) is 3. The van der Waals surface area contributed by atoms with Gasteiger partial charge in [-0.05, 0) is 25.5 Å². The first kappa shape index (κ1) is 10.8. The van der Waals surface area contributed by atoms with Crippen molar-refractivity contribution in [3.05, 3.63) is 0 Å². The van der Waals surface area contributed by atoms with Crippen molar-refractivity contribution < 1.29 is 4.79 Å². The molecule has 15 heavy (non-hydrogen) atoms. The molecule has 2 saturated heterocycles. The second-order valence-electron chi connectivity index (χ2n) is 4.09. The molecule has 2 fully saturated rings. The molecule has 0 aromatic rings. The van der Waals surface area contributed by atoms with Gasteiger partial charge in [-0.15, -0.1) is 0 Å². The van der Waals surface area contributed by atoms with Crippen molar-refractivity contribution in [1.29, 1.82) is 5.41 Å². The maximum absolute atomic E-state index is 11.7. The maximum Gasteiger partial charge on any atom is 0.323 e. The Bertz CT molecular complexity index is 307. The Kier molecular flexibility index (Phi) is 2.66. The van der Waals surface area contributed by atoms with Gasteiger partial charge in [0.15, 0.2) is 0 Å². The molecule has 0 radical (unpaired) electrons. The van der Waals surface area contributed by atoms with E-state index in [1.807, 2.05) is 23.6 Å². The number of amides is 2.